The molecule has 1 aliphatic rings. The Kier molecular flexibility index (Phi) is 21.8. The Hall–Kier alpha value is -12.3. The van der Waals surface area contributed by atoms with Gasteiger partial charge in [-0.2, -0.15) is 15.5 Å². The summed E-state index contributed by atoms with van der Waals surface area (Å²) in [6.45, 7) is 23.5. The van der Waals surface area contributed by atoms with Crippen molar-refractivity contribution < 1.29 is 52.1 Å². The lowest BCUT2D eigenvalue weighted by Gasteiger charge is -2.19. The Morgan fingerprint density at radius 2 is 1.01 bits per heavy atom. The van der Waals surface area contributed by atoms with Crippen LogP contribution in [0.25, 0.3) is 99.6 Å². The van der Waals surface area contributed by atoms with Crippen LogP contribution in [0.1, 0.15) is 105 Å². The number of rotatable bonds is 15. The molecule has 22 heteroatoms. The van der Waals surface area contributed by atoms with Crippen LogP contribution >= 0.6 is 0 Å². The Balaban J connectivity index is 0.000000129. The number of nitrogens with one attached hydrogen (secondary N) is 2. The average Bonchev–Trinajstić information content (AvgIpc) is 1.64. The van der Waals surface area contributed by atoms with Crippen LogP contribution in [-0.2, 0) is 52.3 Å². The number of nitriles is 1. The summed E-state index contributed by atoms with van der Waals surface area (Å²) < 4.78 is 51.8. The number of hydrogen-bond acceptors (Lipinski definition) is 15. The van der Waals surface area contributed by atoms with Crippen LogP contribution in [-0.4, -0.2) is 108 Å². The maximum Gasteiger partial charge on any atom is 0.340 e. The van der Waals surface area contributed by atoms with E-state index in [2.05, 4.69) is 147 Å². The number of ether oxygens (including phenoxy) is 7. The second kappa shape index (κ2) is 31.3. The molecule has 0 bridgehead atoms. The Labute approximate surface area is 590 Å². The van der Waals surface area contributed by atoms with Crippen LogP contribution in [0.5, 0.6) is 23.0 Å². The molecule has 102 heavy (non-hydrogen) atoms. The quantitative estimate of drug-likeness (QED) is 0.0715. The predicted octanol–water partition coefficient (Wildman–Crippen LogP) is 17.1. The van der Waals surface area contributed by atoms with E-state index in [1.54, 1.807) is 51.9 Å². The smallest absolute Gasteiger partial charge is 0.340 e. The fraction of sp³-hybridized carbons (Fsp3) is 0.263. The van der Waals surface area contributed by atoms with E-state index in [9.17, 15) is 19.6 Å². The molecule has 0 radical (unpaired) electrons. The summed E-state index contributed by atoms with van der Waals surface area (Å²) in [6, 6.07) is 43.6. The van der Waals surface area contributed by atoms with Crippen molar-refractivity contribution in [2.75, 3.05) is 41.8 Å². The molecule has 22 nitrogen and oxygen atoms in total. The molecule has 6 aromatic carbocycles. The van der Waals surface area contributed by atoms with Crippen LogP contribution in [0, 0.1) is 11.3 Å². The van der Waals surface area contributed by atoms with E-state index in [0.717, 1.165) is 133 Å². The third-order valence-corrected chi connectivity index (χ3v) is 17.9. The number of aromatic nitrogens is 10. The second-order valence-electron chi connectivity index (χ2n) is 24.7. The van der Waals surface area contributed by atoms with Crippen LogP contribution in [0.2, 0.25) is 0 Å². The number of methoxy groups -OCH3 is 4. The minimum absolute atomic E-state index is 0.113. The van der Waals surface area contributed by atoms with Crippen molar-refractivity contribution in [3.63, 3.8) is 0 Å². The monoisotopic (exact) mass is 1370 g/mol. The number of H-pyrrole nitrogens is 2. The summed E-state index contributed by atoms with van der Waals surface area (Å²) in [5.41, 5.74) is 16.2. The third kappa shape index (κ3) is 14.5. The van der Waals surface area contributed by atoms with Crippen molar-refractivity contribution in [2.24, 2.45) is 0 Å². The fourth-order valence-corrected chi connectivity index (χ4v) is 12.7. The van der Waals surface area contributed by atoms with Gasteiger partial charge in [0.2, 0.25) is 6.79 Å². The number of aryl methyl sites for hydroxylation is 5. The van der Waals surface area contributed by atoms with Gasteiger partial charge < -0.3 is 60.5 Å². The summed E-state index contributed by atoms with van der Waals surface area (Å²) in [4.78, 5) is 35.3. The maximum atomic E-state index is 12.0. The molecule has 0 spiro atoms. The molecule has 0 saturated carbocycles. The first-order chi connectivity index (χ1) is 49.5. The zero-order valence-corrected chi connectivity index (χ0v) is 59.6. The van der Waals surface area contributed by atoms with E-state index >= 15 is 0 Å². The highest BCUT2D eigenvalue weighted by molar-refractivity contribution is 6.06. The maximum absolute atomic E-state index is 12.0. The predicted molar refractivity (Wildman–Crippen MR) is 395 cm³/mol. The third-order valence-electron chi connectivity index (χ3n) is 17.9. The first kappa shape index (κ1) is 71.0. The molecule has 0 fully saturated rings. The zero-order valence-electron chi connectivity index (χ0n) is 59.6. The van der Waals surface area contributed by atoms with Gasteiger partial charge in [0.15, 0.2) is 17.3 Å². The SMILES string of the molecule is CCOC(=O)c1cn(CC)c2cc3c(cc12)OCO3.CCn1c(-c2ccc(C(C)(C)C)cc2)c(C#N)c2ccc(OC)cc21.CCn1cc(-c2ccn[nH]2)c2ccc(C(=O)OC)cc21.CCn1cc(-c2ccn[nH]2)c2ccc(OC)cc21.CCn1cc(-c2ccno2)c2ccc(C(=O)OC)cc21. The van der Waals surface area contributed by atoms with Crippen LogP contribution in [0.3, 0.4) is 0 Å². The van der Waals surface area contributed by atoms with Crippen molar-refractivity contribution >= 4 is 72.4 Å². The number of carbonyl (C=O) groups is 3. The molecule has 2 N–H and O–H groups in total. The van der Waals surface area contributed by atoms with E-state index in [-0.39, 0.29) is 30.1 Å². The van der Waals surface area contributed by atoms with Gasteiger partial charge >= 0.3 is 17.9 Å². The van der Waals surface area contributed by atoms with Crippen LogP contribution in [0.4, 0.5) is 0 Å². The molecular formula is C80H83N11O11. The van der Waals surface area contributed by atoms with E-state index < -0.39 is 0 Å². The molecule has 524 valence electrons. The van der Waals surface area contributed by atoms with Crippen molar-refractivity contribution in [3.05, 3.63) is 199 Å². The zero-order chi connectivity index (χ0) is 72.4. The highest BCUT2D eigenvalue weighted by Crippen LogP contribution is 2.40. The normalized spacial score (nSPS) is 11.5. The van der Waals surface area contributed by atoms with Crippen molar-refractivity contribution in [1.29, 1.82) is 5.26 Å². The lowest BCUT2D eigenvalue weighted by molar-refractivity contribution is 0.0526. The Morgan fingerprint density at radius 1 is 0.520 bits per heavy atom. The minimum atomic E-state index is -0.336. The first-order valence-electron chi connectivity index (χ1n) is 33.8. The van der Waals surface area contributed by atoms with Crippen molar-refractivity contribution in [3.8, 4) is 74.2 Å². The van der Waals surface area contributed by atoms with Crippen LogP contribution in [0.15, 0.2) is 175 Å². The van der Waals surface area contributed by atoms with Gasteiger partial charge in [-0.25, -0.2) is 14.4 Å². The lowest BCUT2D eigenvalue weighted by Crippen LogP contribution is -2.10. The van der Waals surface area contributed by atoms with Gasteiger partial charge in [0.05, 0.1) is 97.1 Å². The standard InChI is InChI=1S/C22H24N2O.C15H15N3O2.C15H14N2O3.C14H15N3O.C14H15NO4/c1-6-24-20-13-17(25-5)11-12-18(20)19(14-23)21(24)15-7-9-16(10-8-15)22(2,3)4;1-3-18-9-12(13-6-7-16-17-13)11-5-4-10(8-14(11)18)15(19)20-2;1-3-17-9-12(14-6-7-16-20-14)11-5-4-10(8-13(11)17)15(18)19-2;1-3-17-9-12(13-6-7-15-16-13)11-5-4-10(18-2)8-14(11)17;1-3-15-7-10(14(16)17-4-2)9-5-12-13(6-11(9)15)19-8-18-12/h7-13H,6H2,1-5H3;4-9H,3H2,1-2H3,(H,16,17);4-9H,3H2,1-2H3;4-9H,3H2,1-2H3,(H,15,16);5-7H,3-4,8H2,1-2H3. The Morgan fingerprint density at radius 3 is 1.48 bits per heavy atom. The van der Waals surface area contributed by atoms with Gasteiger partial charge in [-0.3, -0.25) is 10.2 Å². The lowest BCUT2D eigenvalue weighted by atomic mass is 9.86. The molecule has 14 aromatic rings. The van der Waals surface area contributed by atoms with E-state index in [1.165, 1.54) is 36.2 Å². The van der Waals surface area contributed by atoms with Gasteiger partial charge in [-0.15, -0.1) is 0 Å². The van der Waals surface area contributed by atoms with Gasteiger partial charge in [0.1, 0.15) is 17.6 Å². The average molecular weight is 1370 g/mol. The molecule has 15 rings (SSSR count). The topological polar surface area (TPSA) is 248 Å². The number of carbonyl (C=O) groups excluding carboxylic acids is 3. The fourth-order valence-electron chi connectivity index (χ4n) is 12.7. The molecule has 1 aliphatic heterocycles. The van der Waals surface area contributed by atoms with E-state index in [0.29, 0.717) is 34.8 Å². The largest absolute Gasteiger partial charge is 0.497 e. The minimum Gasteiger partial charge on any atom is -0.497 e. The van der Waals surface area contributed by atoms with E-state index in [4.69, 9.17) is 37.7 Å². The van der Waals surface area contributed by atoms with E-state index in [1.807, 2.05) is 103 Å². The molecule has 0 atom stereocenters. The number of aromatic amines is 2. The van der Waals surface area contributed by atoms with Gasteiger partial charge in [0, 0.05) is 149 Å². The number of esters is 3. The van der Waals surface area contributed by atoms with Crippen LogP contribution < -0.4 is 18.9 Å². The summed E-state index contributed by atoms with van der Waals surface area (Å²) in [6.07, 6.45) is 13.2. The highest BCUT2D eigenvalue weighted by Gasteiger charge is 2.24. The summed E-state index contributed by atoms with van der Waals surface area (Å²) in [5, 5.41) is 32.7. The number of benzene rings is 6. The van der Waals surface area contributed by atoms with Gasteiger partial charge in [-0.05, 0) is 125 Å². The number of nitrogens with zero attached hydrogens (tertiary/aromatic N) is 9. The summed E-state index contributed by atoms with van der Waals surface area (Å²) >= 11 is 0. The van der Waals surface area contributed by atoms with Gasteiger partial charge in [-0.1, -0.05) is 62.3 Å². The highest BCUT2D eigenvalue weighted by atomic mass is 16.7. The molecule has 0 amide bonds. The second-order valence-corrected chi connectivity index (χ2v) is 24.7. The molecular weight excluding hydrogens is 1290 g/mol. The molecule has 0 aliphatic carbocycles. The van der Waals surface area contributed by atoms with Crippen molar-refractivity contribution in [2.45, 2.75) is 100 Å². The molecule has 0 unspecified atom stereocenters. The molecule has 0 saturated heterocycles. The molecule has 8 aromatic heterocycles. The number of fused-ring (bicyclic) bond motifs is 6. The molecule has 9 heterocycles. The summed E-state index contributed by atoms with van der Waals surface area (Å²) in [7, 11) is 6.13. The summed E-state index contributed by atoms with van der Waals surface area (Å²) in [5.74, 6) is 2.83. The number of hydrogen-bond donors (Lipinski definition) is 2. The first-order valence-corrected chi connectivity index (χ1v) is 33.8. The van der Waals surface area contributed by atoms with Crippen molar-refractivity contribution in [1.82, 2.24) is 48.4 Å². The Bertz CT molecular complexity index is 5170. The van der Waals surface area contributed by atoms with Gasteiger partial charge in [0.25, 0.3) is 0 Å².